The number of aliphatic imine (C=N–C) groups is 1. The van der Waals surface area contributed by atoms with E-state index in [4.69, 9.17) is 0 Å². The van der Waals surface area contributed by atoms with Crippen LogP contribution < -0.4 is 0 Å². The molecular weight excluding hydrogens is 244 g/mol. The Balaban J connectivity index is 4.75. The van der Waals surface area contributed by atoms with Gasteiger partial charge in [-0.05, 0) is 31.5 Å². The highest BCUT2D eigenvalue weighted by molar-refractivity contribution is 6.72. The Morgan fingerprint density at radius 1 is 1.39 bits per heavy atom. The largest absolute Gasteiger partial charge is 0.432 e. The van der Waals surface area contributed by atoms with Gasteiger partial charge in [0.1, 0.15) is 5.84 Å². The third-order valence-electron chi connectivity index (χ3n) is 3.81. The molecule has 0 aliphatic heterocycles. The first-order chi connectivity index (χ1) is 7.88. The van der Waals surface area contributed by atoms with E-state index in [1.165, 1.54) is 0 Å². The Kier molecular flexibility index (Phi) is 5.75. The van der Waals surface area contributed by atoms with Crippen molar-refractivity contribution in [2.75, 3.05) is 14.1 Å². The molecule has 0 unspecified atom stereocenters. The average Bonchev–Trinajstić information content (AvgIpc) is 2.14. The summed E-state index contributed by atoms with van der Waals surface area (Å²) in [6.07, 6.45) is 0.672. The van der Waals surface area contributed by atoms with Crippen molar-refractivity contribution in [1.82, 2.24) is 4.90 Å². The number of hydrogen-bond donors (Lipinski definition) is 1. The summed E-state index contributed by atoms with van der Waals surface area (Å²) in [6, 6.07) is 0. The molecule has 0 aromatic rings. The minimum Gasteiger partial charge on any atom is -0.432 e. The predicted octanol–water partition coefficient (Wildman–Crippen LogP) is 2.50. The molecule has 0 saturated carbocycles. The van der Waals surface area contributed by atoms with E-state index in [9.17, 15) is 9.59 Å². The Hall–Kier alpha value is -0.683. The Morgan fingerprint density at radius 3 is 2.17 bits per heavy atom. The number of nitrogens with zero attached hydrogens (tertiary/aromatic N) is 2. The molecule has 0 bridgehead atoms. The third kappa shape index (κ3) is 4.90. The first-order valence-electron chi connectivity index (χ1n) is 6.37. The fourth-order valence-corrected chi connectivity index (χ4v) is 2.28. The maximum Gasteiger partial charge on any atom is 0.250 e. The van der Waals surface area contributed by atoms with Crippen LogP contribution in [-0.4, -0.2) is 43.9 Å². The standard InChI is InChI=1S/C13H28N2O2Si/c1-10(9-13(3,4)18(7,8)17)12(16)14-11(2)15(5)6/h10,17H,9H2,1-8H3/b14-11+/t10-/m0/s1. The van der Waals surface area contributed by atoms with E-state index in [-0.39, 0.29) is 16.9 Å². The molecule has 0 spiro atoms. The molecular formula is C13H28N2O2Si. The normalized spacial score (nSPS) is 15.5. The van der Waals surface area contributed by atoms with Gasteiger partial charge in [-0.2, -0.15) is 0 Å². The fraction of sp³-hybridized carbons (Fsp3) is 0.846. The van der Waals surface area contributed by atoms with Crippen LogP contribution in [-0.2, 0) is 4.79 Å². The summed E-state index contributed by atoms with van der Waals surface area (Å²) < 4.78 is 0. The van der Waals surface area contributed by atoms with Crippen LogP contribution in [0.15, 0.2) is 4.99 Å². The second-order valence-corrected chi connectivity index (χ2v) is 10.9. The van der Waals surface area contributed by atoms with Crippen LogP contribution in [0.5, 0.6) is 0 Å². The topological polar surface area (TPSA) is 52.9 Å². The molecule has 0 fully saturated rings. The molecule has 106 valence electrons. The maximum atomic E-state index is 12.0. The molecule has 5 heteroatoms. The summed E-state index contributed by atoms with van der Waals surface area (Å²) in [5.74, 6) is 0.450. The van der Waals surface area contributed by atoms with Crippen molar-refractivity contribution in [2.45, 2.75) is 52.2 Å². The zero-order valence-electron chi connectivity index (χ0n) is 13.0. The van der Waals surface area contributed by atoms with Crippen LogP contribution in [0.1, 0.15) is 34.1 Å². The minimum atomic E-state index is -2.27. The maximum absolute atomic E-state index is 12.0. The monoisotopic (exact) mass is 272 g/mol. The van der Waals surface area contributed by atoms with Crippen LogP contribution in [0.25, 0.3) is 0 Å². The van der Waals surface area contributed by atoms with E-state index in [1.54, 1.807) is 0 Å². The van der Waals surface area contributed by atoms with Gasteiger partial charge in [0.2, 0.25) is 5.91 Å². The van der Waals surface area contributed by atoms with Crippen LogP contribution in [0.4, 0.5) is 0 Å². The van der Waals surface area contributed by atoms with Gasteiger partial charge in [0.15, 0.2) is 8.32 Å². The van der Waals surface area contributed by atoms with Gasteiger partial charge in [0.05, 0.1) is 0 Å². The van der Waals surface area contributed by atoms with E-state index in [0.29, 0.717) is 12.3 Å². The van der Waals surface area contributed by atoms with E-state index < -0.39 is 8.32 Å². The third-order valence-corrected chi connectivity index (χ3v) is 7.33. The molecule has 0 aromatic heterocycles. The Bertz CT molecular complexity index is 330. The molecule has 0 rings (SSSR count). The highest BCUT2D eigenvalue weighted by Gasteiger charge is 2.39. The summed E-state index contributed by atoms with van der Waals surface area (Å²) in [4.78, 5) is 28.1. The van der Waals surface area contributed by atoms with Crippen molar-refractivity contribution in [3.05, 3.63) is 0 Å². The highest BCUT2D eigenvalue weighted by atomic mass is 28.4. The summed E-state index contributed by atoms with van der Waals surface area (Å²) in [7, 11) is 1.46. The van der Waals surface area contributed by atoms with Gasteiger partial charge in [0.25, 0.3) is 0 Å². The number of carbonyl (C=O) groups is 1. The van der Waals surface area contributed by atoms with Crippen LogP contribution in [0.3, 0.4) is 0 Å². The number of carbonyl (C=O) groups excluding carboxylic acids is 1. The summed E-state index contributed by atoms with van der Waals surface area (Å²) in [5.41, 5.74) is 0. The van der Waals surface area contributed by atoms with E-state index in [1.807, 2.05) is 59.8 Å². The molecule has 4 nitrogen and oxygen atoms in total. The van der Waals surface area contributed by atoms with Gasteiger partial charge in [0, 0.05) is 20.0 Å². The van der Waals surface area contributed by atoms with Gasteiger partial charge in [-0.1, -0.05) is 20.8 Å². The number of hydrogen-bond acceptors (Lipinski definition) is 2. The number of amidine groups is 1. The van der Waals surface area contributed by atoms with Crippen LogP contribution >= 0.6 is 0 Å². The van der Waals surface area contributed by atoms with Crippen molar-refractivity contribution in [3.8, 4) is 0 Å². The lowest BCUT2D eigenvalue weighted by atomic mass is 9.97. The minimum absolute atomic E-state index is 0.104. The molecule has 1 atom stereocenters. The first-order valence-corrected chi connectivity index (χ1v) is 9.32. The first kappa shape index (κ1) is 17.3. The average molecular weight is 272 g/mol. The van der Waals surface area contributed by atoms with Gasteiger partial charge < -0.3 is 9.70 Å². The van der Waals surface area contributed by atoms with Crippen molar-refractivity contribution in [3.63, 3.8) is 0 Å². The Labute approximate surface area is 112 Å². The van der Waals surface area contributed by atoms with E-state index >= 15 is 0 Å². The number of amides is 1. The second kappa shape index (κ2) is 5.97. The van der Waals surface area contributed by atoms with Crippen molar-refractivity contribution in [1.29, 1.82) is 0 Å². The second-order valence-electron chi connectivity index (χ2n) is 6.44. The summed E-state index contributed by atoms with van der Waals surface area (Å²) >= 11 is 0. The van der Waals surface area contributed by atoms with E-state index in [2.05, 4.69) is 4.99 Å². The lowest BCUT2D eigenvalue weighted by molar-refractivity contribution is -0.121. The quantitative estimate of drug-likeness (QED) is 0.486. The molecule has 0 aliphatic rings. The highest BCUT2D eigenvalue weighted by Crippen LogP contribution is 2.41. The zero-order valence-corrected chi connectivity index (χ0v) is 14.0. The van der Waals surface area contributed by atoms with Crippen LogP contribution in [0, 0.1) is 5.92 Å². The number of rotatable bonds is 4. The summed E-state index contributed by atoms with van der Waals surface area (Å²) in [6.45, 7) is 11.6. The molecule has 0 aromatic carbocycles. The molecule has 1 amide bonds. The van der Waals surface area contributed by atoms with Gasteiger partial charge in [-0.3, -0.25) is 4.79 Å². The van der Waals surface area contributed by atoms with Crippen molar-refractivity contribution in [2.24, 2.45) is 10.9 Å². The molecule has 0 heterocycles. The Morgan fingerprint density at radius 2 is 1.83 bits per heavy atom. The molecule has 0 aliphatic carbocycles. The van der Waals surface area contributed by atoms with Crippen LogP contribution in [0.2, 0.25) is 18.1 Å². The zero-order chi connectivity index (χ0) is 14.7. The van der Waals surface area contributed by atoms with Crippen molar-refractivity contribution < 1.29 is 9.59 Å². The predicted molar refractivity (Wildman–Crippen MR) is 79.3 cm³/mol. The van der Waals surface area contributed by atoms with Gasteiger partial charge in [-0.25, -0.2) is 4.99 Å². The lowest BCUT2D eigenvalue weighted by Crippen LogP contribution is -2.40. The lowest BCUT2D eigenvalue weighted by Gasteiger charge is -2.36. The fourth-order valence-electron chi connectivity index (χ4n) is 1.47. The summed E-state index contributed by atoms with van der Waals surface area (Å²) in [5, 5.41) is -0.191. The molecule has 0 radical (unpaired) electrons. The van der Waals surface area contributed by atoms with Gasteiger partial charge in [-0.15, -0.1) is 0 Å². The SMILES string of the molecule is C/C(=N\C(=O)[C@@H](C)CC(C)(C)[Si](C)(C)O)N(C)C. The van der Waals surface area contributed by atoms with Crippen molar-refractivity contribution >= 4 is 20.1 Å². The smallest absolute Gasteiger partial charge is 0.250 e. The molecule has 1 N–H and O–H groups in total. The van der Waals surface area contributed by atoms with E-state index in [0.717, 1.165) is 0 Å². The van der Waals surface area contributed by atoms with Gasteiger partial charge >= 0.3 is 0 Å². The molecule has 18 heavy (non-hydrogen) atoms. The molecule has 0 saturated heterocycles.